The average Bonchev–Trinajstić information content (AvgIpc) is 2.83. The zero-order chi connectivity index (χ0) is 22.9. The minimum Gasteiger partial charge on any atom is -0.493 e. The third-order valence-electron chi connectivity index (χ3n) is 5.00. The van der Waals surface area contributed by atoms with Gasteiger partial charge in [0.2, 0.25) is 0 Å². The van der Waals surface area contributed by atoms with Crippen LogP contribution in [0.25, 0.3) is 0 Å². The molecule has 1 amide bonds. The molecule has 3 aromatic rings. The maximum atomic E-state index is 13.0. The third kappa shape index (κ3) is 5.66. The van der Waals surface area contributed by atoms with Crippen LogP contribution in [0.5, 0.6) is 17.2 Å². The summed E-state index contributed by atoms with van der Waals surface area (Å²) < 4.78 is 16.7. The highest BCUT2D eigenvalue weighted by molar-refractivity contribution is 5.95. The molecule has 0 aliphatic carbocycles. The van der Waals surface area contributed by atoms with Crippen LogP contribution in [0, 0.1) is 0 Å². The number of pyridine rings is 1. The molecule has 0 bridgehead atoms. The van der Waals surface area contributed by atoms with Crippen molar-refractivity contribution in [3.05, 3.63) is 95.8 Å². The molecule has 166 valence electrons. The van der Waals surface area contributed by atoms with Gasteiger partial charge >= 0.3 is 0 Å². The van der Waals surface area contributed by atoms with Gasteiger partial charge in [-0.15, -0.1) is 6.58 Å². The van der Waals surface area contributed by atoms with Crippen molar-refractivity contribution in [2.24, 2.45) is 0 Å². The molecule has 1 heterocycles. The molecule has 1 atom stereocenters. The quantitative estimate of drug-likeness (QED) is 0.462. The van der Waals surface area contributed by atoms with E-state index < -0.39 is 0 Å². The first-order valence-electron chi connectivity index (χ1n) is 10.3. The predicted octanol–water partition coefficient (Wildman–Crippen LogP) is 4.90. The topological polar surface area (TPSA) is 69.7 Å². The van der Waals surface area contributed by atoms with Gasteiger partial charge in [-0.05, 0) is 55.3 Å². The van der Waals surface area contributed by atoms with Crippen molar-refractivity contribution in [3.63, 3.8) is 0 Å². The number of carbonyl (C=O) groups is 1. The smallest absolute Gasteiger partial charge is 0.251 e. The van der Waals surface area contributed by atoms with Crippen molar-refractivity contribution in [2.75, 3.05) is 14.2 Å². The van der Waals surface area contributed by atoms with Crippen molar-refractivity contribution < 1.29 is 19.0 Å². The summed E-state index contributed by atoms with van der Waals surface area (Å²) >= 11 is 0. The van der Waals surface area contributed by atoms with E-state index >= 15 is 0 Å². The average molecular weight is 433 g/mol. The SMILES string of the molecule is C=CCc1cc(C(=O)NC(C)c2cccc(OCc3ccccn3)c2)cc(OC)c1OC. The Bertz CT molecular complexity index is 1070. The lowest BCUT2D eigenvalue weighted by Gasteiger charge is -2.18. The Hall–Kier alpha value is -3.80. The summed E-state index contributed by atoms with van der Waals surface area (Å²) in [6, 6.07) is 16.6. The fraction of sp³-hybridized carbons (Fsp3) is 0.231. The van der Waals surface area contributed by atoms with E-state index in [1.54, 1.807) is 38.6 Å². The maximum Gasteiger partial charge on any atom is 0.251 e. The Morgan fingerprint density at radius 2 is 1.97 bits per heavy atom. The van der Waals surface area contributed by atoms with Gasteiger partial charge < -0.3 is 19.5 Å². The monoisotopic (exact) mass is 432 g/mol. The second kappa shape index (κ2) is 11.0. The highest BCUT2D eigenvalue weighted by Crippen LogP contribution is 2.33. The molecule has 0 radical (unpaired) electrons. The minimum atomic E-state index is -0.225. The van der Waals surface area contributed by atoms with Gasteiger partial charge in [-0.2, -0.15) is 0 Å². The van der Waals surface area contributed by atoms with Crippen LogP contribution in [0.1, 0.15) is 40.1 Å². The van der Waals surface area contributed by atoms with Crippen LogP contribution in [-0.4, -0.2) is 25.1 Å². The number of amides is 1. The van der Waals surface area contributed by atoms with E-state index in [-0.39, 0.29) is 11.9 Å². The second-order valence-corrected chi connectivity index (χ2v) is 7.24. The number of allylic oxidation sites excluding steroid dienone is 1. The molecule has 32 heavy (non-hydrogen) atoms. The number of benzene rings is 2. The largest absolute Gasteiger partial charge is 0.493 e. The Morgan fingerprint density at radius 3 is 2.66 bits per heavy atom. The number of rotatable bonds is 10. The molecule has 2 aromatic carbocycles. The van der Waals surface area contributed by atoms with E-state index in [4.69, 9.17) is 14.2 Å². The molecule has 0 spiro atoms. The zero-order valence-electron chi connectivity index (χ0n) is 18.6. The maximum absolute atomic E-state index is 13.0. The van der Waals surface area contributed by atoms with Crippen molar-refractivity contribution >= 4 is 5.91 Å². The van der Waals surface area contributed by atoms with Gasteiger partial charge in [0.25, 0.3) is 5.91 Å². The van der Waals surface area contributed by atoms with Crippen LogP contribution in [0.15, 0.2) is 73.4 Å². The van der Waals surface area contributed by atoms with Gasteiger partial charge in [-0.1, -0.05) is 24.3 Å². The van der Waals surface area contributed by atoms with Crippen molar-refractivity contribution in [1.29, 1.82) is 0 Å². The summed E-state index contributed by atoms with van der Waals surface area (Å²) in [6.07, 6.45) is 4.06. The number of carbonyl (C=O) groups excluding carboxylic acids is 1. The molecular weight excluding hydrogens is 404 g/mol. The molecule has 0 saturated heterocycles. The molecular formula is C26H28N2O4. The fourth-order valence-electron chi connectivity index (χ4n) is 3.36. The molecule has 1 aromatic heterocycles. The Morgan fingerprint density at radius 1 is 1.12 bits per heavy atom. The van der Waals surface area contributed by atoms with E-state index in [1.807, 2.05) is 49.4 Å². The normalized spacial score (nSPS) is 11.3. The van der Waals surface area contributed by atoms with Crippen LogP contribution in [0.4, 0.5) is 0 Å². The van der Waals surface area contributed by atoms with Gasteiger partial charge in [0.1, 0.15) is 12.4 Å². The number of methoxy groups -OCH3 is 2. The molecule has 3 rings (SSSR count). The van der Waals surface area contributed by atoms with E-state index in [1.165, 1.54) is 0 Å². The first-order valence-corrected chi connectivity index (χ1v) is 10.3. The predicted molar refractivity (Wildman–Crippen MR) is 124 cm³/mol. The highest BCUT2D eigenvalue weighted by Gasteiger charge is 2.18. The number of hydrogen-bond donors (Lipinski definition) is 1. The first kappa shape index (κ1) is 22.9. The lowest BCUT2D eigenvalue weighted by molar-refractivity contribution is 0.0939. The Kier molecular flexibility index (Phi) is 7.86. The minimum absolute atomic E-state index is 0.205. The lowest BCUT2D eigenvalue weighted by Crippen LogP contribution is -2.26. The Balaban J connectivity index is 1.73. The molecule has 1 N–H and O–H groups in total. The van der Waals surface area contributed by atoms with Crippen LogP contribution in [-0.2, 0) is 13.0 Å². The summed E-state index contributed by atoms with van der Waals surface area (Å²) in [4.78, 5) is 17.2. The summed E-state index contributed by atoms with van der Waals surface area (Å²) in [5, 5.41) is 3.04. The van der Waals surface area contributed by atoms with Crippen molar-refractivity contribution in [1.82, 2.24) is 10.3 Å². The zero-order valence-corrected chi connectivity index (χ0v) is 18.6. The molecule has 6 nitrogen and oxygen atoms in total. The van der Waals surface area contributed by atoms with Crippen LogP contribution in [0.2, 0.25) is 0 Å². The van der Waals surface area contributed by atoms with E-state index in [2.05, 4.69) is 16.9 Å². The molecule has 0 saturated carbocycles. The standard InChI is InChI=1S/C26H28N2O4/c1-5-9-20-14-21(16-24(30-3)25(20)31-4)26(29)28-18(2)19-10-8-12-23(15-19)32-17-22-11-6-7-13-27-22/h5-8,10-16,18H,1,9,17H2,2-4H3,(H,28,29). The Labute approximate surface area is 188 Å². The van der Waals surface area contributed by atoms with Crippen LogP contribution in [0.3, 0.4) is 0 Å². The van der Waals surface area contributed by atoms with Gasteiger partial charge in [0.05, 0.1) is 26.0 Å². The second-order valence-electron chi connectivity index (χ2n) is 7.24. The summed E-state index contributed by atoms with van der Waals surface area (Å²) in [5.41, 5.74) is 3.12. The lowest BCUT2D eigenvalue weighted by atomic mass is 10.0. The molecule has 0 aliphatic rings. The van der Waals surface area contributed by atoms with Gasteiger partial charge in [-0.25, -0.2) is 0 Å². The molecule has 0 aliphatic heterocycles. The summed E-state index contributed by atoms with van der Waals surface area (Å²) in [7, 11) is 3.13. The van der Waals surface area contributed by atoms with Gasteiger partial charge in [-0.3, -0.25) is 9.78 Å². The van der Waals surface area contributed by atoms with Crippen LogP contribution >= 0.6 is 0 Å². The fourth-order valence-corrected chi connectivity index (χ4v) is 3.36. The number of nitrogens with one attached hydrogen (secondary N) is 1. The number of aromatic nitrogens is 1. The van der Waals surface area contributed by atoms with E-state index in [0.717, 1.165) is 16.8 Å². The number of nitrogens with zero attached hydrogens (tertiary/aromatic N) is 1. The van der Waals surface area contributed by atoms with Crippen LogP contribution < -0.4 is 19.5 Å². The summed E-state index contributed by atoms with van der Waals surface area (Å²) in [5.74, 6) is 1.63. The summed E-state index contributed by atoms with van der Waals surface area (Å²) in [6.45, 7) is 6.09. The van der Waals surface area contributed by atoms with Crippen molar-refractivity contribution in [2.45, 2.75) is 26.0 Å². The van der Waals surface area contributed by atoms with Gasteiger partial charge in [0, 0.05) is 17.3 Å². The molecule has 6 heteroatoms. The van der Waals surface area contributed by atoms with E-state index in [0.29, 0.717) is 35.8 Å². The first-order chi connectivity index (χ1) is 15.5. The van der Waals surface area contributed by atoms with Gasteiger partial charge in [0.15, 0.2) is 11.5 Å². The molecule has 0 fully saturated rings. The molecule has 1 unspecified atom stereocenters. The number of ether oxygens (including phenoxy) is 3. The number of hydrogen-bond acceptors (Lipinski definition) is 5. The highest BCUT2D eigenvalue weighted by atomic mass is 16.5. The van der Waals surface area contributed by atoms with Crippen molar-refractivity contribution in [3.8, 4) is 17.2 Å². The van der Waals surface area contributed by atoms with E-state index in [9.17, 15) is 4.79 Å². The third-order valence-corrected chi connectivity index (χ3v) is 5.00.